The molecule has 19 rings (SSSR count). The van der Waals surface area contributed by atoms with Crippen LogP contribution in [0.3, 0.4) is 0 Å². The third-order valence-electron chi connectivity index (χ3n) is 25.0. The molecule has 4 amide bonds. The summed E-state index contributed by atoms with van der Waals surface area (Å²) in [5.74, 6) is 0.115. The first-order chi connectivity index (χ1) is 69.3. The van der Waals surface area contributed by atoms with E-state index in [-0.39, 0.29) is 92.6 Å². The van der Waals surface area contributed by atoms with Crippen LogP contribution in [-0.4, -0.2) is 163 Å². The second kappa shape index (κ2) is 49.7. The van der Waals surface area contributed by atoms with Crippen molar-refractivity contribution in [3.8, 4) is 23.0 Å². The number of nitrogens with one attached hydrogen (secondary N) is 12. The molecule has 744 valence electrons. The van der Waals surface area contributed by atoms with Gasteiger partial charge >= 0.3 is 0 Å². The summed E-state index contributed by atoms with van der Waals surface area (Å²) < 4.78 is 87.1. The van der Waals surface area contributed by atoms with E-state index < -0.39 is 23.3 Å². The van der Waals surface area contributed by atoms with Crippen molar-refractivity contribution in [1.82, 2.24) is 49.7 Å². The standard InChI is InChI=1S/2C28H31FN6O2.C25H27FN6O3.C25H29FN6O2/c1-2-24(36)32-19-5-3-6-20(15-19)33-25-23(29)17-31-26(35-25)34-21-7-4-8-22(16-21)37-18-27-9-12-28(30,13-10-27)14-11-27;1-2-24(36)32-20-4-3-5-21(16-20)33-25-23(29)17-31-26(35-25)34-19-6-8-22(9-7-19)37-18-27-10-13-28(30,14-11-27)15-12-27;1-2-23(33)28-18-5-3-6-19(15-18)29-24-22(26)17-27-25(31-24)30-20-7-4-8-21(16-20)35-14-11-32-9-12-34-13-10-32;1-4-23(33)28-18-9-7-10-19(15-18)29-24-22(26)17-27-25(31-24)30-20-11-8-12-21(16-20)34-14-13-32(5-2)6-3/h2-8,15-17H,1,9-14,18,30H2,(H,32,36)(H2,31,33,34,35);2-9,16-17H,1,10-15,18,30H2,(H,32,36)(H2,31,33,34,35);2-8,15-17H,1,9-14H2,(H,28,33)(H2,27,29,30,31);4,7-12,15-17H,1,5-6,13-14H2,2-3H3,(H,28,33)(H2,27,29,30,31). The number of benzene rings is 8. The summed E-state index contributed by atoms with van der Waals surface area (Å²) >= 11 is 0. The van der Waals surface area contributed by atoms with E-state index in [1.165, 1.54) is 24.3 Å². The lowest BCUT2D eigenvalue weighted by Crippen LogP contribution is -2.53. The summed E-state index contributed by atoms with van der Waals surface area (Å²) in [6.45, 7) is 27.5. The van der Waals surface area contributed by atoms with Crippen molar-refractivity contribution in [3.05, 3.63) is 293 Å². The van der Waals surface area contributed by atoms with Crippen molar-refractivity contribution in [3.63, 3.8) is 0 Å². The first kappa shape index (κ1) is 103. The molecule has 12 aromatic rings. The van der Waals surface area contributed by atoms with E-state index in [4.69, 9.17) is 35.2 Å². The van der Waals surface area contributed by atoms with Gasteiger partial charge in [-0.2, -0.15) is 19.9 Å². The van der Waals surface area contributed by atoms with Gasteiger partial charge in [-0.1, -0.05) is 82.6 Å². The van der Waals surface area contributed by atoms with Gasteiger partial charge in [0, 0.05) is 135 Å². The quantitative estimate of drug-likeness (QED) is 0.0125. The van der Waals surface area contributed by atoms with E-state index in [9.17, 15) is 36.7 Å². The molecule has 6 aliphatic carbocycles. The Morgan fingerprint density at radius 3 is 0.958 bits per heavy atom. The van der Waals surface area contributed by atoms with Crippen molar-refractivity contribution >= 4 is 139 Å². The van der Waals surface area contributed by atoms with E-state index in [0.29, 0.717) is 89.1 Å². The van der Waals surface area contributed by atoms with Crippen LogP contribution in [0.1, 0.15) is 90.9 Å². The molecule has 37 heteroatoms. The van der Waals surface area contributed by atoms with Crippen molar-refractivity contribution in [2.45, 2.75) is 102 Å². The van der Waals surface area contributed by atoms with Crippen molar-refractivity contribution in [2.75, 3.05) is 143 Å². The van der Waals surface area contributed by atoms with Gasteiger partial charge in [0.2, 0.25) is 47.4 Å². The molecule has 4 bridgehead atoms. The highest BCUT2D eigenvalue weighted by Crippen LogP contribution is 2.53. The number of hydrogen-bond donors (Lipinski definition) is 14. The minimum absolute atomic E-state index is 0.00165. The number of carbonyl (C=O) groups excluding carboxylic acids is 4. The second-order valence-corrected chi connectivity index (χ2v) is 35.2. The van der Waals surface area contributed by atoms with Crippen LogP contribution < -0.4 is 94.2 Å². The number of ether oxygens (including phenoxy) is 5. The van der Waals surface area contributed by atoms with Crippen LogP contribution in [0.15, 0.2) is 270 Å². The van der Waals surface area contributed by atoms with Gasteiger partial charge in [-0.05, 0) is 248 Å². The number of aromatic nitrogens is 8. The molecule has 0 spiro atoms. The average Bonchev–Trinajstić information content (AvgIpc) is 0.773. The molecule has 143 heavy (non-hydrogen) atoms. The molecule has 7 aliphatic rings. The number of fused-ring (bicyclic) bond motifs is 6. The van der Waals surface area contributed by atoms with Crippen LogP contribution in [0, 0.1) is 34.1 Å². The molecular weight excluding hydrogens is 1830 g/mol. The predicted octanol–water partition coefficient (Wildman–Crippen LogP) is 20.2. The molecule has 8 aromatic carbocycles. The molecule has 1 saturated heterocycles. The summed E-state index contributed by atoms with van der Waals surface area (Å²) in [5, 5.41) is 34.7. The molecule has 0 unspecified atom stereocenters. The number of hydrogen-bond acceptors (Lipinski definition) is 29. The van der Waals surface area contributed by atoms with Gasteiger partial charge in [-0.3, -0.25) is 24.1 Å². The van der Waals surface area contributed by atoms with Gasteiger partial charge in [0.15, 0.2) is 46.5 Å². The van der Waals surface area contributed by atoms with Crippen molar-refractivity contribution < 1.29 is 60.4 Å². The Labute approximate surface area is 827 Å². The smallest absolute Gasteiger partial charge is 0.247 e. The van der Waals surface area contributed by atoms with Gasteiger partial charge in [-0.25, -0.2) is 37.5 Å². The first-order valence-corrected chi connectivity index (χ1v) is 47.2. The second-order valence-electron chi connectivity index (χ2n) is 35.2. The van der Waals surface area contributed by atoms with Crippen LogP contribution in [-0.2, 0) is 23.9 Å². The van der Waals surface area contributed by atoms with E-state index in [2.05, 4.69) is 154 Å². The number of halogens is 4. The SMILES string of the molecule is C=CC(=O)Nc1cccc(Nc2nc(Nc3ccc(OCC45CCC(N)(CC4)CC5)cc3)ncc2F)c1.C=CC(=O)Nc1cccc(Nc2nc(Nc3cccc(OCC45CCC(N)(CC4)CC5)c3)ncc2F)c1.C=CC(=O)Nc1cccc(Nc2nc(Nc3cccc(OCCN(CC)CC)c3)ncc2F)c1.C=CC(=O)Nc1cccc(Nc2nc(Nc3cccc(OCCN4CCOCC4)c3)ncc2F)c1. The van der Waals surface area contributed by atoms with E-state index in [1.54, 1.807) is 97.1 Å². The van der Waals surface area contributed by atoms with E-state index in [1.807, 2.05) is 97.1 Å². The monoisotopic (exact) mass is 1950 g/mol. The summed E-state index contributed by atoms with van der Waals surface area (Å²) in [4.78, 5) is 84.0. The van der Waals surface area contributed by atoms with E-state index >= 15 is 0 Å². The number of likely N-dealkylation sites (N-methyl/N-ethyl adjacent to an activating group) is 1. The number of morpholine rings is 1. The Kier molecular flexibility index (Phi) is 35.8. The maximum Gasteiger partial charge on any atom is 0.247 e. The molecule has 16 N–H and O–H groups in total. The largest absolute Gasteiger partial charge is 0.493 e. The van der Waals surface area contributed by atoms with Crippen LogP contribution in [0.25, 0.3) is 0 Å². The normalized spacial score (nSPS) is 17.3. The number of anilines is 20. The zero-order valence-corrected chi connectivity index (χ0v) is 79.7. The number of nitrogens with two attached hydrogens (primary N) is 2. The minimum atomic E-state index is -0.615. The predicted molar refractivity (Wildman–Crippen MR) is 552 cm³/mol. The molecule has 5 heterocycles. The topological polar surface area (TPSA) is 420 Å². The third-order valence-corrected chi connectivity index (χ3v) is 25.0. The molecule has 7 fully saturated rings. The molecule has 33 nitrogen and oxygen atoms in total. The highest BCUT2D eigenvalue weighted by molar-refractivity contribution is 6.01. The summed E-state index contributed by atoms with van der Waals surface area (Å²) in [6.07, 6.45) is 22.3. The molecule has 4 aromatic heterocycles. The lowest BCUT2D eigenvalue weighted by atomic mass is 9.58. The van der Waals surface area contributed by atoms with Crippen LogP contribution >= 0.6 is 0 Å². The Morgan fingerprint density at radius 1 is 0.364 bits per heavy atom. The maximum absolute atomic E-state index is 14.5. The Bertz CT molecular complexity index is 6370. The average molecular weight is 1950 g/mol. The zero-order valence-electron chi connectivity index (χ0n) is 79.7. The number of rotatable bonds is 40. The van der Waals surface area contributed by atoms with Crippen LogP contribution in [0.2, 0.25) is 0 Å². The van der Waals surface area contributed by atoms with Crippen molar-refractivity contribution in [1.29, 1.82) is 0 Å². The lowest BCUT2D eigenvalue weighted by Gasteiger charge is -2.51. The number of carbonyl (C=O) groups is 4. The zero-order chi connectivity index (χ0) is 101. The number of nitrogens with zero attached hydrogens (tertiary/aromatic N) is 10. The third kappa shape index (κ3) is 31.0. The van der Waals surface area contributed by atoms with E-state index in [0.717, 1.165) is 183 Å². The van der Waals surface area contributed by atoms with Gasteiger partial charge in [0.25, 0.3) is 0 Å². The Morgan fingerprint density at radius 2 is 0.643 bits per heavy atom. The summed E-state index contributed by atoms with van der Waals surface area (Å²) in [6, 6.07) is 57.4. The highest BCUT2D eigenvalue weighted by Gasteiger charge is 2.48. The Balaban J connectivity index is 0.000000151. The fourth-order valence-electron chi connectivity index (χ4n) is 16.7. The van der Waals surface area contributed by atoms with Gasteiger partial charge < -0.3 is 104 Å². The fourth-order valence-corrected chi connectivity index (χ4v) is 16.7. The lowest BCUT2D eigenvalue weighted by molar-refractivity contribution is -0.112. The summed E-state index contributed by atoms with van der Waals surface area (Å²) in [7, 11) is 0. The van der Waals surface area contributed by atoms with Gasteiger partial charge in [-0.15, -0.1) is 0 Å². The highest BCUT2D eigenvalue weighted by atomic mass is 19.1. The number of amides is 4. The molecule has 1 aliphatic heterocycles. The minimum Gasteiger partial charge on any atom is -0.493 e. The van der Waals surface area contributed by atoms with Gasteiger partial charge in [0.05, 0.1) is 51.2 Å². The fraction of sp³-hybridized carbons (Fsp3) is 0.283. The molecule has 6 saturated carbocycles. The maximum atomic E-state index is 14.5. The van der Waals surface area contributed by atoms with Crippen molar-refractivity contribution in [2.24, 2.45) is 22.3 Å². The molecule has 0 radical (unpaired) electrons. The van der Waals surface area contributed by atoms with Gasteiger partial charge in [0.1, 0.15) is 36.2 Å². The van der Waals surface area contributed by atoms with Crippen LogP contribution in [0.4, 0.5) is 133 Å². The Hall–Kier alpha value is -16.0. The molecular formula is C106H118F4N24O9. The first-order valence-electron chi connectivity index (χ1n) is 47.2. The summed E-state index contributed by atoms with van der Waals surface area (Å²) in [5.41, 5.74) is 20.7. The van der Waals surface area contributed by atoms with Crippen LogP contribution in [0.5, 0.6) is 23.0 Å². The molecule has 0 atom stereocenters.